The second-order valence-corrected chi connectivity index (χ2v) is 9.35. The number of ether oxygens (including phenoxy) is 1. The zero-order valence-electron chi connectivity index (χ0n) is 18.8. The summed E-state index contributed by atoms with van der Waals surface area (Å²) in [6, 6.07) is 9.29. The largest absolute Gasteiger partial charge is 0.376 e. The molecule has 0 N–H and O–H groups in total. The fraction of sp³-hybridized carbons (Fsp3) is 0.643. The molecule has 0 unspecified atom stereocenters. The molecule has 2 aliphatic carbocycles. The standard InChI is InChI=1S/C28H42O/c1-3-5-7-21-29-22-24-11-15-26(16-12-24)28-19-17-27(18-20-28)25-13-9-23(10-14-25)8-6-4-2/h3-6,11-12,15-16,23,25,27-28H,7-10,13-14,17-22H2,1-2H3/b5-3?,6-4+/t23-,25-,27?,28?. The molecule has 0 radical (unpaired) electrons. The Morgan fingerprint density at radius 2 is 1.41 bits per heavy atom. The Labute approximate surface area is 179 Å². The molecule has 0 amide bonds. The highest BCUT2D eigenvalue weighted by molar-refractivity contribution is 5.25. The van der Waals surface area contributed by atoms with Crippen molar-refractivity contribution in [3.63, 3.8) is 0 Å². The lowest BCUT2D eigenvalue weighted by atomic mass is 9.68. The minimum atomic E-state index is 0.737. The number of rotatable bonds is 9. The van der Waals surface area contributed by atoms with Gasteiger partial charge in [-0.3, -0.25) is 0 Å². The van der Waals surface area contributed by atoms with E-state index >= 15 is 0 Å². The third-order valence-corrected chi connectivity index (χ3v) is 7.42. The maximum atomic E-state index is 5.76. The maximum Gasteiger partial charge on any atom is 0.0717 e. The van der Waals surface area contributed by atoms with Crippen molar-refractivity contribution in [3.8, 4) is 0 Å². The lowest BCUT2D eigenvalue weighted by molar-refractivity contribution is 0.125. The zero-order valence-corrected chi connectivity index (χ0v) is 18.8. The van der Waals surface area contributed by atoms with Gasteiger partial charge in [-0.25, -0.2) is 0 Å². The SMILES string of the molecule is CC=CCCOCc1ccc(C2CCC([C@H]3CC[C@H](C/C=C/C)CC3)CC2)cc1. The summed E-state index contributed by atoms with van der Waals surface area (Å²) in [6.07, 6.45) is 22.7. The smallest absolute Gasteiger partial charge is 0.0717 e. The fourth-order valence-corrected chi connectivity index (χ4v) is 5.54. The van der Waals surface area contributed by atoms with Crippen LogP contribution >= 0.6 is 0 Å². The molecule has 160 valence electrons. The van der Waals surface area contributed by atoms with E-state index in [1.807, 2.05) is 0 Å². The van der Waals surface area contributed by atoms with Gasteiger partial charge in [0.25, 0.3) is 0 Å². The summed E-state index contributed by atoms with van der Waals surface area (Å²) in [5, 5.41) is 0. The lowest BCUT2D eigenvalue weighted by Crippen LogP contribution is -2.25. The summed E-state index contributed by atoms with van der Waals surface area (Å²) in [6.45, 7) is 5.76. The van der Waals surface area contributed by atoms with Crippen molar-refractivity contribution in [2.45, 2.75) is 90.6 Å². The van der Waals surface area contributed by atoms with Gasteiger partial charge in [0, 0.05) is 0 Å². The van der Waals surface area contributed by atoms with E-state index < -0.39 is 0 Å². The summed E-state index contributed by atoms with van der Waals surface area (Å²) in [5.41, 5.74) is 2.86. The third kappa shape index (κ3) is 7.14. The van der Waals surface area contributed by atoms with Gasteiger partial charge in [-0.05, 0) is 113 Å². The zero-order chi connectivity index (χ0) is 20.3. The van der Waals surface area contributed by atoms with E-state index in [4.69, 9.17) is 4.74 Å². The molecule has 0 aromatic heterocycles. The van der Waals surface area contributed by atoms with Gasteiger partial charge >= 0.3 is 0 Å². The molecule has 0 spiro atoms. The van der Waals surface area contributed by atoms with Crippen molar-refractivity contribution in [2.24, 2.45) is 17.8 Å². The summed E-state index contributed by atoms with van der Waals surface area (Å²) >= 11 is 0. The third-order valence-electron chi connectivity index (χ3n) is 7.42. The van der Waals surface area contributed by atoms with E-state index in [0.717, 1.165) is 43.3 Å². The highest BCUT2D eigenvalue weighted by Gasteiger charge is 2.30. The quantitative estimate of drug-likeness (QED) is 0.303. The first kappa shape index (κ1) is 22.3. The average Bonchev–Trinajstić information content (AvgIpc) is 2.78. The minimum absolute atomic E-state index is 0.737. The molecule has 0 bridgehead atoms. The van der Waals surface area contributed by atoms with Crippen LogP contribution in [-0.2, 0) is 11.3 Å². The minimum Gasteiger partial charge on any atom is -0.376 e. The summed E-state index contributed by atoms with van der Waals surface area (Å²) in [4.78, 5) is 0. The van der Waals surface area contributed by atoms with Crippen LogP contribution in [0.25, 0.3) is 0 Å². The molecule has 1 nitrogen and oxygen atoms in total. The number of hydrogen-bond donors (Lipinski definition) is 0. The predicted molar refractivity (Wildman–Crippen MR) is 125 cm³/mol. The van der Waals surface area contributed by atoms with Crippen molar-refractivity contribution in [3.05, 3.63) is 59.7 Å². The molecule has 2 fully saturated rings. The second kappa shape index (κ2) is 12.4. The molecule has 1 aromatic rings. The number of hydrogen-bond acceptors (Lipinski definition) is 1. The van der Waals surface area contributed by atoms with Gasteiger partial charge in [-0.15, -0.1) is 0 Å². The molecular weight excluding hydrogens is 352 g/mol. The summed E-state index contributed by atoms with van der Waals surface area (Å²) < 4.78 is 5.76. The molecule has 2 aliphatic rings. The first-order valence-electron chi connectivity index (χ1n) is 12.2. The molecule has 0 atom stereocenters. The molecule has 1 aromatic carbocycles. The molecule has 0 heterocycles. The average molecular weight is 395 g/mol. The van der Waals surface area contributed by atoms with Crippen molar-refractivity contribution >= 4 is 0 Å². The molecule has 2 saturated carbocycles. The van der Waals surface area contributed by atoms with Crippen LogP contribution in [0.3, 0.4) is 0 Å². The molecule has 3 rings (SSSR count). The van der Waals surface area contributed by atoms with E-state index in [0.29, 0.717) is 0 Å². The summed E-state index contributed by atoms with van der Waals surface area (Å²) in [5.74, 6) is 3.75. The van der Waals surface area contributed by atoms with Gasteiger partial charge in [-0.1, -0.05) is 48.6 Å². The molecular formula is C28H42O. The van der Waals surface area contributed by atoms with Crippen LogP contribution in [0.5, 0.6) is 0 Å². The van der Waals surface area contributed by atoms with Crippen molar-refractivity contribution < 1.29 is 4.74 Å². The fourth-order valence-electron chi connectivity index (χ4n) is 5.54. The van der Waals surface area contributed by atoms with Gasteiger partial charge in [0.1, 0.15) is 0 Å². The van der Waals surface area contributed by atoms with Crippen LogP contribution in [0.2, 0.25) is 0 Å². The first-order chi connectivity index (χ1) is 14.3. The maximum absolute atomic E-state index is 5.76. The van der Waals surface area contributed by atoms with Gasteiger partial charge in [0.2, 0.25) is 0 Å². The Morgan fingerprint density at radius 1 is 0.793 bits per heavy atom. The Balaban J connectivity index is 1.38. The van der Waals surface area contributed by atoms with Gasteiger partial charge in [0.15, 0.2) is 0 Å². The van der Waals surface area contributed by atoms with E-state index in [9.17, 15) is 0 Å². The predicted octanol–water partition coefficient (Wildman–Crippen LogP) is 8.22. The number of allylic oxidation sites excluding steroid dienone is 3. The van der Waals surface area contributed by atoms with Crippen LogP contribution in [0.4, 0.5) is 0 Å². The molecule has 0 saturated heterocycles. The van der Waals surface area contributed by atoms with Crippen LogP contribution in [0.1, 0.15) is 95.1 Å². The highest BCUT2D eigenvalue weighted by atomic mass is 16.5. The van der Waals surface area contributed by atoms with Crippen LogP contribution in [0.15, 0.2) is 48.6 Å². The second-order valence-electron chi connectivity index (χ2n) is 9.35. The number of benzene rings is 1. The van der Waals surface area contributed by atoms with Crippen molar-refractivity contribution in [2.75, 3.05) is 6.61 Å². The van der Waals surface area contributed by atoms with E-state index in [1.54, 1.807) is 5.56 Å². The summed E-state index contributed by atoms with van der Waals surface area (Å²) in [7, 11) is 0. The van der Waals surface area contributed by atoms with Crippen LogP contribution in [-0.4, -0.2) is 6.61 Å². The van der Waals surface area contributed by atoms with E-state index in [-0.39, 0.29) is 0 Å². The Morgan fingerprint density at radius 3 is 2.03 bits per heavy atom. The normalized spacial score (nSPS) is 28.3. The van der Waals surface area contributed by atoms with E-state index in [2.05, 4.69) is 62.4 Å². The van der Waals surface area contributed by atoms with Gasteiger partial charge in [0.05, 0.1) is 13.2 Å². The first-order valence-corrected chi connectivity index (χ1v) is 12.2. The van der Waals surface area contributed by atoms with Gasteiger partial charge in [-0.2, -0.15) is 0 Å². The van der Waals surface area contributed by atoms with Crippen LogP contribution < -0.4 is 0 Å². The van der Waals surface area contributed by atoms with Crippen molar-refractivity contribution in [1.29, 1.82) is 0 Å². The lowest BCUT2D eigenvalue weighted by Gasteiger charge is -2.38. The van der Waals surface area contributed by atoms with Crippen molar-refractivity contribution in [1.82, 2.24) is 0 Å². The Hall–Kier alpha value is -1.34. The van der Waals surface area contributed by atoms with Gasteiger partial charge < -0.3 is 4.74 Å². The Bertz CT molecular complexity index is 610. The van der Waals surface area contributed by atoms with Crippen LogP contribution in [0, 0.1) is 17.8 Å². The highest BCUT2D eigenvalue weighted by Crippen LogP contribution is 2.44. The molecule has 1 heteroatoms. The molecule has 0 aliphatic heterocycles. The topological polar surface area (TPSA) is 9.23 Å². The Kier molecular flexibility index (Phi) is 9.54. The van der Waals surface area contributed by atoms with E-state index in [1.165, 1.54) is 63.4 Å². The monoisotopic (exact) mass is 394 g/mol. The molecule has 29 heavy (non-hydrogen) atoms.